The molecule has 0 bridgehead atoms. The fourth-order valence-electron chi connectivity index (χ4n) is 2.11. The summed E-state index contributed by atoms with van der Waals surface area (Å²) in [5.41, 5.74) is 6.88. The number of H-pyrrole nitrogens is 2. The highest BCUT2D eigenvalue weighted by Crippen LogP contribution is 2.22. The molecular formula is C10H12N6OS. The molecule has 8 heteroatoms. The number of aromatic amines is 2. The largest absolute Gasteiger partial charge is 0.341 e. The van der Waals surface area contributed by atoms with E-state index in [0.29, 0.717) is 41.3 Å². The second-order valence-corrected chi connectivity index (χ2v) is 4.69. The van der Waals surface area contributed by atoms with Crippen LogP contribution in [0.1, 0.15) is 6.42 Å². The summed E-state index contributed by atoms with van der Waals surface area (Å²) in [5.74, 6) is 0.634. The maximum atomic E-state index is 11.9. The highest BCUT2D eigenvalue weighted by atomic mass is 32.1. The van der Waals surface area contributed by atoms with Gasteiger partial charge in [-0.05, 0) is 12.5 Å². The monoisotopic (exact) mass is 264 g/mol. The Bertz CT molecular complexity index is 662. The Morgan fingerprint density at radius 1 is 1.61 bits per heavy atom. The molecule has 94 valence electrons. The molecule has 3 heterocycles. The van der Waals surface area contributed by atoms with E-state index in [1.807, 2.05) is 0 Å². The molecule has 18 heavy (non-hydrogen) atoms. The van der Waals surface area contributed by atoms with Crippen LogP contribution in [-0.2, 0) is 4.79 Å². The Labute approximate surface area is 107 Å². The van der Waals surface area contributed by atoms with Crippen molar-refractivity contribution in [3.63, 3.8) is 0 Å². The number of anilines is 1. The molecule has 1 aliphatic heterocycles. The van der Waals surface area contributed by atoms with Gasteiger partial charge in [-0.15, -0.1) is 0 Å². The van der Waals surface area contributed by atoms with Gasteiger partial charge in [-0.3, -0.25) is 9.69 Å². The lowest BCUT2D eigenvalue weighted by molar-refractivity contribution is -0.117. The highest BCUT2D eigenvalue weighted by Gasteiger charge is 2.31. The number of imidazole rings is 1. The third-order valence-corrected chi connectivity index (χ3v) is 3.38. The Morgan fingerprint density at radius 2 is 2.44 bits per heavy atom. The van der Waals surface area contributed by atoms with Gasteiger partial charge in [0.25, 0.3) is 0 Å². The highest BCUT2D eigenvalue weighted by molar-refractivity contribution is 7.71. The Balaban J connectivity index is 2.04. The van der Waals surface area contributed by atoms with E-state index in [9.17, 15) is 4.79 Å². The van der Waals surface area contributed by atoms with E-state index in [0.717, 1.165) is 0 Å². The standard InChI is InChI=1S/C10H12N6OS/c11-2-5-1-6(17)16(3-5)10-14-8-7(9(18)15-10)12-4-13-8/h4-5H,1-3,11H2,(H2,12,13,14,15,18). The number of carbonyl (C=O) groups is 1. The molecule has 1 fully saturated rings. The maximum absolute atomic E-state index is 11.9. The minimum Gasteiger partial charge on any atom is -0.341 e. The molecule has 1 aliphatic rings. The van der Waals surface area contributed by atoms with Crippen LogP contribution in [0, 0.1) is 10.6 Å². The van der Waals surface area contributed by atoms with Crippen LogP contribution in [0.25, 0.3) is 11.2 Å². The summed E-state index contributed by atoms with van der Waals surface area (Å²) in [6.07, 6.45) is 1.99. The molecule has 2 aromatic heterocycles. The van der Waals surface area contributed by atoms with E-state index in [2.05, 4.69) is 19.9 Å². The van der Waals surface area contributed by atoms with Crippen LogP contribution in [0.3, 0.4) is 0 Å². The van der Waals surface area contributed by atoms with Crippen molar-refractivity contribution in [3.8, 4) is 0 Å². The smallest absolute Gasteiger partial charge is 0.229 e. The number of aromatic nitrogens is 4. The van der Waals surface area contributed by atoms with E-state index in [-0.39, 0.29) is 11.8 Å². The van der Waals surface area contributed by atoms with Crippen molar-refractivity contribution in [2.75, 3.05) is 18.0 Å². The third-order valence-electron chi connectivity index (χ3n) is 3.08. The summed E-state index contributed by atoms with van der Waals surface area (Å²) in [4.78, 5) is 27.7. The van der Waals surface area contributed by atoms with Crippen LogP contribution in [-0.4, -0.2) is 38.9 Å². The average molecular weight is 264 g/mol. The molecule has 3 rings (SSSR count). The van der Waals surface area contributed by atoms with Gasteiger partial charge in [0.1, 0.15) is 5.52 Å². The maximum Gasteiger partial charge on any atom is 0.229 e. The first kappa shape index (κ1) is 11.3. The number of nitrogens with one attached hydrogen (secondary N) is 2. The van der Waals surface area contributed by atoms with Gasteiger partial charge in [0.2, 0.25) is 11.9 Å². The van der Waals surface area contributed by atoms with Gasteiger partial charge < -0.3 is 15.7 Å². The first-order valence-corrected chi connectivity index (χ1v) is 6.03. The Morgan fingerprint density at radius 3 is 3.17 bits per heavy atom. The number of hydrogen-bond donors (Lipinski definition) is 3. The number of carbonyl (C=O) groups excluding carboxylic acids is 1. The van der Waals surface area contributed by atoms with Gasteiger partial charge in [-0.25, -0.2) is 9.97 Å². The lowest BCUT2D eigenvalue weighted by Crippen LogP contribution is -2.27. The van der Waals surface area contributed by atoms with E-state index in [4.69, 9.17) is 18.0 Å². The topological polar surface area (TPSA) is 104 Å². The van der Waals surface area contributed by atoms with Gasteiger partial charge in [0.05, 0.1) is 6.33 Å². The number of fused-ring (bicyclic) bond motifs is 1. The quantitative estimate of drug-likeness (QED) is 0.678. The van der Waals surface area contributed by atoms with Gasteiger partial charge >= 0.3 is 0 Å². The van der Waals surface area contributed by atoms with Crippen molar-refractivity contribution in [2.24, 2.45) is 11.7 Å². The van der Waals surface area contributed by atoms with Gasteiger partial charge in [0.15, 0.2) is 10.3 Å². The summed E-state index contributed by atoms with van der Waals surface area (Å²) in [6.45, 7) is 1.07. The first-order valence-electron chi connectivity index (χ1n) is 5.63. The SMILES string of the molecule is NCC1CC(=O)N(c2nc(=S)c3[nH]cnc3[nH]2)C1. The Hall–Kier alpha value is -1.80. The second-order valence-electron chi connectivity index (χ2n) is 4.30. The zero-order valence-electron chi connectivity index (χ0n) is 9.51. The predicted octanol–water partition coefficient (Wildman–Crippen LogP) is 0.327. The van der Waals surface area contributed by atoms with E-state index in [1.165, 1.54) is 6.33 Å². The van der Waals surface area contributed by atoms with Crippen LogP contribution >= 0.6 is 12.2 Å². The molecule has 0 spiro atoms. The lowest BCUT2D eigenvalue weighted by atomic mass is 10.1. The molecule has 2 aromatic rings. The number of nitrogens with two attached hydrogens (primary N) is 1. The summed E-state index contributed by atoms with van der Waals surface area (Å²) < 4.78 is 0.403. The fraction of sp³-hybridized carbons (Fsp3) is 0.400. The van der Waals surface area contributed by atoms with E-state index in [1.54, 1.807) is 4.90 Å². The minimum absolute atomic E-state index is 0.0125. The van der Waals surface area contributed by atoms with Crippen LogP contribution in [0.2, 0.25) is 0 Å². The molecular weight excluding hydrogens is 252 g/mol. The van der Waals surface area contributed by atoms with Crippen LogP contribution < -0.4 is 10.6 Å². The molecule has 1 unspecified atom stereocenters. The fourth-order valence-corrected chi connectivity index (χ4v) is 2.35. The molecule has 4 N–H and O–H groups in total. The number of nitrogens with zero attached hydrogens (tertiary/aromatic N) is 3. The van der Waals surface area contributed by atoms with Gasteiger partial charge in [-0.1, -0.05) is 12.2 Å². The molecule has 1 saturated heterocycles. The van der Waals surface area contributed by atoms with Crippen molar-refractivity contribution >= 4 is 35.2 Å². The third kappa shape index (κ3) is 1.70. The van der Waals surface area contributed by atoms with E-state index < -0.39 is 0 Å². The predicted molar refractivity (Wildman–Crippen MR) is 68.6 cm³/mol. The number of rotatable bonds is 2. The second kappa shape index (κ2) is 4.14. The zero-order chi connectivity index (χ0) is 12.7. The Kier molecular flexibility index (Phi) is 2.60. The molecule has 0 saturated carbocycles. The van der Waals surface area contributed by atoms with Crippen molar-refractivity contribution in [1.82, 2.24) is 19.9 Å². The van der Waals surface area contributed by atoms with Gasteiger partial charge in [0, 0.05) is 13.0 Å². The summed E-state index contributed by atoms with van der Waals surface area (Å²) in [7, 11) is 0. The summed E-state index contributed by atoms with van der Waals surface area (Å²) in [6, 6.07) is 0. The normalized spacial score (nSPS) is 19.9. The number of amides is 1. The minimum atomic E-state index is 0.0125. The van der Waals surface area contributed by atoms with Crippen LogP contribution in [0.15, 0.2) is 6.33 Å². The van der Waals surface area contributed by atoms with Crippen molar-refractivity contribution < 1.29 is 4.79 Å². The molecule has 1 amide bonds. The molecule has 7 nitrogen and oxygen atoms in total. The van der Waals surface area contributed by atoms with Crippen LogP contribution in [0.5, 0.6) is 0 Å². The van der Waals surface area contributed by atoms with Gasteiger partial charge in [-0.2, -0.15) is 0 Å². The van der Waals surface area contributed by atoms with Crippen molar-refractivity contribution in [2.45, 2.75) is 6.42 Å². The molecule has 0 radical (unpaired) electrons. The molecule has 0 aromatic carbocycles. The number of hydrogen-bond acceptors (Lipinski definition) is 5. The summed E-state index contributed by atoms with van der Waals surface area (Å²) >= 11 is 5.16. The van der Waals surface area contributed by atoms with E-state index >= 15 is 0 Å². The molecule has 1 atom stereocenters. The van der Waals surface area contributed by atoms with Crippen molar-refractivity contribution in [3.05, 3.63) is 11.0 Å². The average Bonchev–Trinajstić information content (AvgIpc) is 2.95. The van der Waals surface area contributed by atoms with Crippen molar-refractivity contribution in [1.29, 1.82) is 0 Å². The van der Waals surface area contributed by atoms with Crippen LogP contribution in [0.4, 0.5) is 5.95 Å². The molecule has 0 aliphatic carbocycles. The lowest BCUT2D eigenvalue weighted by Gasteiger charge is -2.14. The first-order chi connectivity index (χ1) is 8.69. The zero-order valence-corrected chi connectivity index (χ0v) is 10.3. The summed E-state index contributed by atoms with van der Waals surface area (Å²) in [5, 5.41) is 0.